The van der Waals surface area contributed by atoms with Gasteiger partial charge in [0.05, 0.1) is 0 Å². The predicted octanol–water partition coefficient (Wildman–Crippen LogP) is 1.95. The van der Waals surface area contributed by atoms with E-state index in [4.69, 9.17) is 0 Å². The van der Waals surface area contributed by atoms with Crippen LogP contribution in [0.5, 0.6) is 0 Å². The Bertz CT molecular complexity index is 184. The molecule has 1 aliphatic rings. The van der Waals surface area contributed by atoms with Crippen LogP contribution in [0.3, 0.4) is 0 Å². The second-order valence-electron chi connectivity index (χ2n) is 3.68. The van der Waals surface area contributed by atoms with E-state index in [1.54, 1.807) is 0 Å². The topological polar surface area (TPSA) is 29.1 Å². The highest BCUT2D eigenvalue weighted by molar-refractivity contribution is 5.79. The lowest BCUT2D eigenvalue weighted by atomic mass is 9.86. The van der Waals surface area contributed by atoms with E-state index >= 15 is 0 Å². The molecule has 1 amide bonds. The molecule has 0 radical (unpaired) electrons. The number of halogens is 2. The largest absolute Gasteiger partial charge is 0.348 e. The minimum atomic E-state index is -2.88. The first-order valence-corrected chi connectivity index (χ1v) is 4.70. The zero-order valence-corrected chi connectivity index (χ0v) is 7.72. The van der Waals surface area contributed by atoms with Crippen LogP contribution < -0.4 is 5.32 Å². The highest BCUT2D eigenvalue weighted by atomic mass is 19.3. The fraction of sp³-hybridized carbons (Fsp3) is 0.889. The molecule has 0 aromatic carbocycles. The zero-order chi connectivity index (χ0) is 9.84. The third-order valence-corrected chi connectivity index (χ3v) is 2.64. The van der Waals surface area contributed by atoms with Gasteiger partial charge in [-0.25, -0.2) is 0 Å². The van der Waals surface area contributed by atoms with Crippen molar-refractivity contribution < 1.29 is 13.6 Å². The monoisotopic (exact) mass is 191 g/mol. The van der Waals surface area contributed by atoms with Gasteiger partial charge in [-0.3, -0.25) is 4.79 Å². The lowest BCUT2D eigenvalue weighted by Gasteiger charge is -2.29. The van der Waals surface area contributed by atoms with Crippen LogP contribution in [0.2, 0.25) is 0 Å². The number of carbonyl (C=O) groups excluding carboxylic acids is 1. The summed E-state index contributed by atoms with van der Waals surface area (Å²) in [6.07, 6.45) is 1.14. The molecular weight excluding hydrogens is 176 g/mol. The van der Waals surface area contributed by atoms with Gasteiger partial charge in [0.25, 0.3) is 5.91 Å². The van der Waals surface area contributed by atoms with Crippen molar-refractivity contribution in [1.29, 1.82) is 0 Å². The highest BCUT2D eigenvalue weighted by Gasteiger charge is 2.25. The molecule has 0 aromatic heterocycles. The van der Waals surface area contributed by atoms with Crippen molar-refractivity contribution in [2.24, 2.45) is 5.92 Å². The van der Waals surface area contributed by atoms with Crippen molar-refractivity contribution in [2.75, 3.05) is 0 Å². The number of carbonyl (C=O) groups is 1. The van der Waals surface area contributed by atoms with Crippen LogP contribution in [0.4, 0.5) is 8.78 Å². The molecule has 0 heterocycles. The van der Waals surface area contributed by atoms with Gasteiger partial charge < -0.3 is 5.32 Å². The molecule has 2 atom stereocenters. The van der Waals surface area contributed by atoms with E-state index in [1.165, 1.54) is 0 Å². The van der Waals surface area contributed by atoms with Gasteiger partial charge in [-0.1, -0.05) is 19.8 Å². The molecule has 0 aliphatic heterocycles. The summed E-state index contributed by atoms with van der Waals surface area (Å²) >= 11 is 0. The first-order valence-electron chi connectivity index (χ1n) is 4.70. The van der Waals surface area contributed by atoms with E-state index in [2.05, 4.69) is 5.32 Å². The summed E-state index contributed by atoms with van der Waals surface area (Å²) in [7, 11) is 0. The van der Waals surface area contributed by atoms with Crippen molar-refractivity contribution in [3.63, 3.8) is 0 Å². The summed E-state index contributed by atoms with van der Waals surface area (Å²) < 4.78 is 23.8. The van der Waals surface area contributed by atoms with Crippen LogP contribution >= 0.6 is 0 Å². The van der Waals surface area contributed by atoms with E-state index in [-0.39, 0.29) is 6.04 Å². The number of amides is 1. The maximum absolute atomic E-state index is 11.9. The van der Waals surface area contributed by atoms with Crippen molar-refractivity contribution in [3.8, 4) is 0 Å². The van der Waals surface area contributed by atoms with Gasteiger partial charge in [-0.2, -0.15) is 8.78 Å². The standard InChI is InChI=1S/C9H15F2NO/c1-6-4-2-3-5-7(6)12-9(13)8(10)11/h6-8H,2-5H2,1H3,(H,12,13). The summed E-state index contributed by atoms with van der Waals surface area (Å²) in [5.74, 6) is -0.796. The molecular formula is C9H15F2NO. The smallest absolute Gasteiger partial charge is 0.315 e. The predicted molar refractivity (Wildman–Crippen MR) is 45.6 cm³/mol. The summed E-state index contributed by atoms with van der Waals surface area (Å²) in [4.78, 5) is 10.7. The number of hydrogen-bond donors (Lipinski definition) is 1. The number of rotatable bonds is 2. The molecule has 1 fully saturated rings. The van der Waals surface area contributed by atoms with Crippen LogP contribution in [0.25, 0.3) is 0 Å². The Kier molecular flexibility index (Phi) is 3.63. The highest BCUT2D eigenvalue weighted by Crippen LogP contribution is 2.23. The lowest BCUT2D eigenvalue weighted by molar-refractivity contribution is -0.133. The molecule has 1 aliphatic carbocycles. The Morgan fingerprint density at radius 1 is 1.38 bits per heavy atom. The number of alkyl halides is 2. The maximum Gasteiger partial charge on any atom is 0.315 e. The van der Waals surface area contributed by atoms with Gasteiger partial charge in [0.1, 0.15) is 0 Å². The summed E-state index contributed by atoms with van der Waals surface area (Å²) in [6.45, 7) is 2.00. The molecule has 1 saturated carbocycles. The van der Waals surface area contributed by atoms with Crippen LogP contribution in [-0.4, -0.2) is 18.4 Å². The van der Waals surface area contributed by atoms with E-state index in [0.29, 0.717) is 5.92 Å². The van der Waals surface area contributed by atoms with Crippen LogP contribution in [0.15, 0.2) is 0 Å². The number of hydrogen-bond acceptors (Lipinski definition) is 1. The average Bonchev–Trinajstić information content (AvgIpc) is 2.08. The van der Waals surface area contributed by atoms with Gasteiger partial charge in [0.2, 0.25) is 0 Å². The molecule has 1 rings (SSSR count). The quantitative estimate of drug-likeness (QED) is 0.710. The zero-order valence-electron chi connectivity index (χ0n) is 7.72. The molecule has 76 valence electrons. The molecule has 2 unspecified atom stereocenters. The second-order valence-corrected chi connectivity index (χ2v) is 3.68. The van der Waals surface area contributed by atoms with Gasteiger partial charge >= 0.3 is 6.43 Å². The normalized spacial score (nSPS) is 28.9. The fourth-order valence-electron chi connectivity index (χ4n) is 1.78. The molecule has 0 aromatic rings. The third-order valence-electron chi connectivity index (χ3n) is 2.64. The molecule has 2 nitrogen and oxygen atoms in total. The molecule has 1 N–H and O–H groups in total. The second kappa shape index (κ2) is 4.53. The third kappa shape index (κ3) is 2.94. The summed E-state index contributed by atoms with van der Waals surface area (Å²) in [6, 6.07) is -0.0461. The minimum absolute atomic E-state index is 0.0461. The van der Waals surface area contributed by atoms with E-state index in [1.807, 2.05) is 6.92 Å². The average molecular weight is 191 g/mol. The molecule has 0 bridgehead atoms. The first kappa shape index (κ1) is 10.4. The van der Waals surface area contributed by atoms with E-state index < -0.39 is 12.3 Å². The van der Waals surface area contributed by atoms with Crippen molar-refractivity contribution in [1.82, 2.24) is 5.32 Å². The Labute approximate surface area is 76.7 Å². The Hall–Kier alpha value is -0.670. The van der Waals surface area contributed by atoms with E-state index in [9.17, 15) is 13.6 Å². The SMILES string of the molecule is CC1CCCCC1NC(=O)C(F)F. The van der Waals surface area contributed by atoms with Crippen LogP contribution in [0, 0.1) is 5.92 Å². The molecule has 13 heavy (non-hydrogen) atoms. The van der Waals surface area contributed by atoms with Gasteiger partial charge in [0, 0.05) is 6.04 Å². The number of nitrogens with one attached hydrogen (secondary N) is 1. The molecule has 0 spiro atoms. The Balaban J connectivity index is 2.38. The maximum atomic E-state index is 11.9. The van der Waals surface area contributed by atoms with Gasteiger partial charge in [-0.05, 0) is 18.8 Å². The fourth-order valence-corrected chi connectivity index (χ4v) is 1.78. The van der Waals surface area contributed by atoms with E-state index in [0.717, 1.165) is 25.7 Å². The molecule has 0 saturated heterocycles. The summed E-state index contributed by atoms with van der Waals surface area (Å²) in [5.41, 5.74) is 0. The Morgan fingerprint density at radius 3 is 2.54 bits per heavy atom. The Morgan fingerprint density at radius 2 is 2.00 bits per heavy atom. The van der Waals surface area contributed by atoms with Crippen LogP contribution in [0.1, 0.15) is 32.6 Å². The minimum Gasteiger partial charge on any atom is -0.348 e. The van der Waals surface area contributed by atoms with Crippen molar-refractivity contribution in [2.45, 2.75) is 45.1 Å². The molecule has 4 heteroatoms. The van der Waals surface area contributed by atoms with Gasteiger partial charge in [-0.15, -0.1) is 0 Å². The van der Waals surface area contributed by atoms with Crippen LogP contribution in [-0.2, 0) is 4.79 Å². The summed E-state index contributed by atoms with van der Waals surface area (Å²) in [5, 5.41) is 2.38. The van der Waals surface area contributed by atoms with Gasteiger partial charge in [0.15, 0.2) is 0 Å². The van der Waals surface area contributed by atoms with Crippen molar-refractivity contribution in [3.05, 3.63) is 0 Å². The first-order chi connectivity index (χ1) is 6.11. The lowest BCUT2D eigenvalue weighted by Crippen LogP contribution is -2.43. The van der Waals surface area contributed by atoms with Crippen molar-refractivity contribution >= 4 is 5.91 Å².